The van der Waals surface area contributed by atoms with E-state index in [9.17, 15) is 9.59 Å². The number of hydrogen-bond donors (Lipinski definition) is 0. The van der Waals surface area contributed by atoms with Crippen molar-refractivity contribution in [3.63, 3.8) is 0 Å². The van der Waals surface area contributed by atoms with E-state index in [0.717, 1.165) is 109 Å². The number of allylic oxidation sites excluding steroid dienone is 2. The van der Waals surface area contributed by atoms with Crippen molar-refractivity contribution in [3.05, 3.63) is 102 Å². The summed E-state index contributed by atoms with van der Waals surface area (Å²) < 4.78 is 18.2. The SMILES string of the molecule is CCCCCCCCOc1ccc(-c2ccc(/C=C/C(=O)c3cccc(OCCCCCC(=O)O[C@H]4CC[C@@]5(C)C(=CC[C@H]6[C@@H]7CC[C@H]([C@H](C)CCCC(C)C)[C@@]7(C)CC[C@@H]65)C4)c3)cc2)cc1. The number of carbonyl (C=O) groups excluding carboxylic acids is 2. The molecule has 3 aromatic rings. The van der Waals surface area contributed by atoms with E-state index < -0.39 is 0 Å². The van der Waals surface area contributed by atoms with Gasteiger partial charge < -0.3 is 14.2 Å². The summed E-state index contributed by atoms with van der Waals surface area (Å²) in [6, 6.07) is 24.0. The molecule has 5 heteroatoms. The Bertz CT molecular complexity index is 2080. The van der Waals surface area contributed by atoms with E-state index in [2.05, 4.69) is 71.9 Å². The summed E-state index contributed by atoms with van der Waals surface area (Å²) in [6.45, 7) is 16.1. The minimum atomic E-state index is -0.0623. The maximum Gasteiger partial charge on any atom is 0.306 e. The number of ketones is 1. The van der Waals surface area contributed by atoms with Crippen LogP contribution in [0.5, 0.6) is 11.5 Å². The van der Waals surface area contributed by atoms with Crippen LogP contribution in [-0.2, 0) is 9.53 Å². The van der Waals surface area contributed by atoms with Crippen molar-refractivity contribution in [2.75, 3.05) is 13.2 Å². The van der Waals surface area contributed by atoms with Crippen LogP contribution in [0.15, 0.2) is 90.5 Å². The van der Waals surface area contributed by atoms with Crippen molar-refractivity contribution in [1.82, 2.24) is 0 Å². The summed E-state index contributed by atoms with van der Waals surface area (Å²) in [5.41, 5.74) is 6.19. The van der Waals surface area contributed by atoms with Crippen molar-refractivity contribution in [3.8, 4) is 22.6 Å². The molecule has 3 saturated carbocycles. The summed E-state index contributed by atoms with van der Waals surface area (Å²) in [5, 5.41) is 0. The predicted molar refractivity (Wildman–Crippen MR) is 277 cm³/mol. The molecule has 0 N–H and O–H groups in total. The first-order chi connectivity index (χ1) is 32.5. The van der Waals surface area contributed by atoms with E-state index in [1.54, 1.807) is 11.6 Å². The molecule has 8 atom stereocenters. The summed E-state index contributed by atoms with van der Waals surface area (Å²) in [7, 11) is 0. The predicted octanol–water partition coefficient (Wildman–Crippen LogP) is 16.9. The average Bonchev–Trinajstić information content (AvgIpc) is 3.69. The maximum atomic E-state index is 13.1. The Labute approximate surface area is 406 Å². The number of ether oxygens (including phenoxy) is 3. The standard InChI is InChI=1S/C62H86O5/c1-7-8-9-10-11-14-41-65-52-31-28-49(29-32-52)48-26-23-47(24-27-48)25-36-59(63)50-20-17-21-53(43-50)66-42-15-12-13-22-60(64)67-54-37-39-61(5)51(44-54)30-33-55-57-35-34-56(46(4)19-16-18-45(2)3)62(57,6)40-38-58(55)61/h17,20-21,23-32,36,43,45-46,54-58H,7-16,18-19,22,33-35,37-42,44H2,1-6H3/b36-25+/t46-,54+,55+,56-,57+,58+,61+,62-/m1/s1. The lowest BCUT2D eigenvalue weighted by molar-refractivity contribution is -0.151. The van der Waals surface area contributed by atoms with Gasteiger partial charge in [0, 0.05) is 18.4 Å². The molecule has 3 aromatic carbocycles. The van der Waals surface area contributed by atoms with Crippen LogP contribution in [0.4, 0.5) is 0 Å². The second kappa shape index (κ2) is 24.4. The highest BCUT2D eigenvalue weighted by Gasteiger charge is 2.59. The van der Waals surface area contributed by atoms with Gasteiger partial charge >= 0.3 is 5.97 Å². The van der Waals surface area contributed by atoms with Gasteiger partial charge in [-0.05, 0) is 164 Å². The van der Waals surface area contributed by atoms with Gasteiger partial charge in [-0.25, -0.2) is 0 Å². The molecule has 364 valence electrons. The number of carbonyl (C=O) groups is 2. The Hall–Kier alpha value is -4.12. The van der Waals surface area contributed by atoms with E-state index >= 15 is 0 Å². The van der Waals surface area contributed by atoms with Crippen LogP contribution in [-0.4, -0.2) is 31.1 Å². The summed E-state index contributed by atoms with van der Waals surface area (Å²) in [4.78, 5) is 26.2. The number of esters is 1. The molecule has 0 heterocycles. The number of fused-ring (bicyclic) bond motifs is 5. The lowest BCUT2D eigenvalue weighted by Gasteiger charge is -2.58. The molecule has 4 aliphatic carbocycles. The van der Waals surface area contributed by atoms with Crippen molar-refractivity contribution < 1.29 is 23.8 Å². The third-order valence-electron chi connectivity index (χ3n) is 17.3. The van der Waals surface area contributed by atoms with E-state index in [4.69, 9.17) is 14.2 Å². The fraction of sp³-hybridized carbons (Fsp3) is 0.613. The van der Waals surface area contributed by atoms with Gasteiger partial charge in [-0.1, -0.05) is 159 Å². The lowest BCUT2D eigenvalue weighted by atomic mass is 9.47. The Balaban J connectivity index is 0.779. The first-order valence-corrected chi connectivity index (χ1v) is 27.1. The molecular weight excluding hydrogens is 825 g/mol. The molecule has 0 amide bonds. The van der Waals surface area contributed by atoms with Gasteiger partial charge in [-0.3, -0.25) is 9.59 Å². The van der Waals surface area contributed by atoms with Gasteiger partial charge in [0.2, 0.25) is 0 Å². The molecule has 5 nitrogen and oxygen atoms in total. The van der Waals surface area contributed by atoms with Crippen LogP contribution in [0.1, 0.15) is 192 Å². The molecule has 67 heavy (non-hydrogen) atoms. The first-order valence-electron chi connectivity index (χ1n) is 27.1. The lowest BCUT2D eigenvalue weighted by Crippen LogP contribution is -2.51. The van der Waals surface area contributed by atoms with E-state index in [-0.39, 0.29) is 23.3 Å². The summed E-state index contributed by atoms with van der Waals surface area (Å²) >= 11 is 0. The van der Waals surface area contributed by atoms with Crippen LogP contribution in [0.3, 0.4) is 0 Å². The summed E-state index contributed by atoms with van der Waals surface area (Å²) in [5.74, 6) is 6.50. The number of benzene rings is 3. The Morgan fingerprint density at radius 3 is 2.16 bits per heavy atom. The Kier molecular flexibility index (Phi) is 18.5. The molecular formula is C62H86O5. The Morgan fingerprint density at radius 2 is 1.42 bits per heavy atom. The van der Waals surface area contributed by atoms with Gasteiger partial charge in [0.1, 0.15) is 17.6 Å². The molecule has 0 radical (unpaired) electrons. The zero-order valence-corrected chi connectivity index (χ0v) is 42.5. The van der Waals surface area contributed by atoms with Crippen LogP contribution >= 0.6 is 0 Å². The second-order valence-corrected chi connectivity index (χ2v) is 22.3. The van der Waals surface area contributed by atoms with Crippen molar-refractivity contribution >= 4 is 17.8 Å². The highest BCUT2D eigenvalue weighted by atomic mass is 16.5. The number of unbranched alkanes of at least 4 members (excludes halogenated alkanes) is 7. The van der Waals surface area contributed by atoms with Crippen molar-refractivity contribution in [1.29, 1.82) is 0 Å². The third kappa shape index (κ3) is 13.4. The largest absolute Gasteiger partial charge is 0.494 e. The van der Waals surface area contributed by atoms with Gasteiger partial charge in [-0.15, -0.1) is 0 Å². The third-order valence-corrected chi connectivity index (χ3v) is 17.3. The molecule has 4 aliphatic rings. The molecule has 0 aliphatic heterocycles. The normalized spacial score (nSPS) is 26.1. The van der Waals surface area contributed by atoms with Crippen molar-refractivity contribution in [2.24, 2.45) is 46.3 Å². The molecule has 0 saturated heterocycles. The van der Waals surface area contributed by atoms with E-state index in [1.807, 2.05) is 54.6 Å². The highest BCUT2D eigenvalue weighted by molar-refractivity contribution is 6.07. The van der Waals surface area contributed by atoms with Crippen LogP contribution in [0, 0.1) is 46.3 Å². The highest BCUT2D eigenvalue weighted by Crippen LogP contribution is 2.67. The van der Waals surface area contributed by atoms with E-state index in [0.29, 0.717) is 29.8 Å². The number of rotatable bonds is 25. The monoisotopic (exact) mass is 911 g/mol. The minimum absolute atomic E-state index is 0.0161. The molecule has 0 unspecified atom stereocenters. The van der Waals surface area contributed by atoms with Gasteiger partial charge in [-0.2, -0.15) is 0 Å². The summed E-state index contributed by atoms with van der Waals surface area (Å²) in [6.07, 6.45) is 30.7. The van der Waals surface area contributed by atoms with E-state index in [1.165, 1.54) is 83.5 Å². The smallest absolute Gasteiger partial charge is 0.306 e. The molecule has 0 aromatic heterocycles. The fourth-order valence-electron chi connectivity index (χ4n) is 13.3. The van der Waals surface area contributed by atoms with Crippen LogP contribution in [0.25, 0.3) is 17.2 Å². The zero-order valence-electron chi connectivity index (χ0n) is 42.5. The average molecular weight is 911 g/mol. The van der Waals surface area contributed by atoms with Crippen LogP contribution < -0.4 is 9.47 Å². The number of hydrogen-bond acceptors (Lipinski definition) is 5. The first kappa shape index (κ1) is 50.7. The molecule has 7 rings (SSSR count). The van der Waals surface area contributed by atoms with Crippen LogP contribution in [0.2, 0.25) is 0 Å². The Morgan fingerprint density at radius 1 is 0.716 bits per heavy atom. The fourth-order valence-corrected chi connectivity index (χ4v) is 13.3. The molecule has 3 fully saturated rings. The van der Waals surface area contributed by atoms with Crippen molar-refractivity contribution in [2.45, 2.75) is 182 Å². The van der Waals surface area contributed by atoms with Gasteiger partial charge in [0.25, 0.3) is 0 Å². The zero-order chi connectivity index (χ0) is 47.2. The van der Waals surface area contributed by atoms with Gasteiger partial charge in [0.05, 0.1) is 13.2 Å². The minimum Gasteiger partial charge on any atom is -0.494 e. The van der Waals surface area contributed by atoms with Gasteiger partial charge in [0.15, 0.2) is 5.78 Å². The molecule has 0 spiro atoms. The topological polar surface area (TPSA) is 61.8 Å². The second-order valence-electron chi connectivity index (χ2n) is 22.3. The molecule has 0 bridgehead atoms. The quantitative estimate of drug-likeness (QED) is 0.0279. The maximum absolute atomic E-state index is 13.1.